The maximum Gasteiger partial charge on any atom is 0.139 e. The van der Waals surface area contributed by atoms with Crippen LogP contribution in [0.4, 0.5) is 34.1 Å². The molecule has 0 radical (unpaired) electrons. The molecule has 0 saturated carbocycles. The second-order valence-electron chi connectivity index (χ2n) is 16.9. The largest absolute Gasteiger partial charge is 0.311 e. The zero-order valence-electron chi connectivity index (χ0n) is 34.5. The van der Waals surface area contributed by atoms with Crippen LogP contribution in [0.25, 0.3) is 11.3 Å². The van der Waals surface area contributed by atoms with Gasteiger partial charge in [-0.25, -0.2) is 4.68 Å². The van der Waals surface area contributed by atoms with E-state index in [1.54, 1.807) is 0 Å². The predicted molar refractivity (Wildman–Crippen MR) is 243 cm³/mol. The van der Waals surface area contributed by atoms with E-state index in [1.807, 2.05) is 0 Å². The van der Waals surface area contributed by atoms with Gasteiger partial charge in [-0.05, 0) is 123 Å². The van der Waals surface area contributed by atoms with Gasteiger partial charge in [0.05, 0.1) is 11.4 Å². The molecule has 4 nitrogen and oxygen atoms in total. The topological polar surface area (TPSA) is 24.3 Å². The molecule has 9 rings (SSSR count). The third-order valence-electron chi connectivity index (χ3n) is 11.6. The zero-order valence-corrected chi connectivity index (χ0v) is 34.5. The summed E-state index contributed by atoms with van der Waals surface area (Å²) < 4.78 is 2.30. The van der Waals surface area contributed by atoms with Crippen LogP contribution >= 0.6 is 0 Å². The number of rotatable bonds is 8. The lowest BCUT2D eigenvalue weighted by atomic mass is 9.77. The van der Waals surface area contributed by atoms with Crippen LogP contribution in [0, 0.1) is 27.7 Å². The highest BCUT2D eigenvalue weighted by Crippen LogP contribution is 2.53. The van der Waals surface area contributed by atoms with E-state index in [0.29, 0.717) is 0 Å². The summed E-state index contributed by atoms with van der Waals surface area (Å²) in [6.45, 7) is 15.3. The third kappa shape index (κ3) is 6.39. The predicted octanol–water partition coefficient (Wildman–Crippen LogP) is 14.2. The van der Waals surface area contributed by atoms with Gasteiger partial charge in [0.1, 0.15) is 5.54 Å². The van der Waals surface area contributed by atoms with Crippen molar-refractivity contribution in [2.75, 3.05) is 9.80 Å². The summed E-state index contributed by atoms with van der Waals surface area (Å²) in [7, 11) is 0. The van der Waals surface area contributed by atoms with Gasteiger partial charge in [-0.1, -0.05) is 140 Å². The lowest BCUT2D eigenvalue weighted by Crippen LogP contribution is -2.36. The Balaban J connectivity index is 1.23. The van der Waals surface area contributed by atoms with Crippen molar-refractivity contribution in [3.05, 3.63) is 221 Å². The number of benzene rings is 7. The number of aryl methyl sites for hydroxylation is 4. The van der Waals surface area contributed by atoms with Crippen molar-refractivity contribution < 1.29 is 0 Å². The maximum atomic E-state index is 5.52. The average Bonchev–Trinajstić information content (AvgIpc) is 3.80. The Morgan fingerprint density at radius 2 is 0.759 bits per heavy atom. The van der Waals surface area contributed by atoms with Crippen LogP contribution in [-0.2, 0) is 11.0 Å². The second-order valence-corrected chi connectivity index (χ2v) is 16.9. The van der Waals surface area contributed by atoms with Crippen LogP contribution in [0.1, 0.15) is 65.4 Å². The van der Waals surface area contributed by atoms with E-state index in [-0.39, 0.29) is 5.41 Å². The molecule has 8 aromatic rings. The summed E-state index contributed by atoms with van der Waals surface area (Å²) in [4.78, 5) is 4.68. The van der Waals surface area contributed by atoms with Crippen molar-refractivity contribution in [2.45, 2.75) is 59.4 Å². The third-order valence-corrected chi connectivity index (χ3v) is 11.6. The highest BCUT2D eigenvalue weighted by atomic mass is 15.4. The Morgan fingerprint density at radius 1 is 0.431 bits per heavy atom. The molecule has 7 aromatic carbocycles. The van der Waals surface area contributed by atoms with Gasteiger partial charge >= 0.3 is 0 Å². The first-order valence-electron chi connectivity index (χ1n) is 20.3. The van der Waals surface area contributed by atoms with E-state index >= 15 is 0 Å². The minimum absolute atomic E-state index is 0.128. The molecule has 1 aliphatic rings. The van der Waals surface area contributed by atoms with Crippen LogP contribution in [-0.4, -0.2) is 9.78 Å². The van der Waals surface area contributed by atoms with E-state index < -0.39 is 5.54 Å². The highest BCUT2D eigenvalue weighted by molar-refractivity contribution is 5.81. The van der Waals surface area contributed by atoms with Gasteiger partial charge in [-0.15, -0.1) is 0 Å². The summed E-state index contributed by atoms with van der Waals surface area (Å²) in [5.41, 5.74) is 17.7. The normalized spacial score (nSPS) is 12.9. The Morgan fingerprint density at radius 3 is 1.10 bits per heavy atom. The van der Waals surface area contributed by atoms with E-state index in [4.69, 9.17) is 5.10 Å². The fraction of sp³-hybridized carbons (Fsp3) is 0.167. The molecule has 0 spiro atoms. The van der Waals surface area contributed by atoms with E-state index in [1.165, 1.54) is 33.4 Å². The van der Waals surface area contributed by atoms with Gasteiger partial charge in [0, 0.05) is 45.1 Å². The fourth-order valence-corrected chi connectivity index (χ4v) is 8.43. The smallest absolute Gasteiger partial charge is 0.139 e. The van der Waals surface area contributed by atoms with Crippen molar-refractivity contribution in [3.8, 4) is 11.3 Å². The maximum absolute atomic E-state index is 5.52. The van der Waals surface area contributed by atoms with E-state index in [9.17, 15) is 0 Å². The molecular formula is C54H50N4. The van der Waals surface area contributed by atoms with Gasteiger partial charge in [-0.3, -0.25) is 0 Å². The van der Waals surface area contributed by atoms with Gasteiger partial charge < -0.3 is 9.80 Å². The van der Waals surface area contributed by atoms with Gasteiger partial charge in [0.2, 0.25) is 0 Å². The fourth-order valence-electron chi connectivity index (χ4n) is 8.43. The number of hydrogen-bond donors (Lipinski definition) is 0. The summed E-state index contributed by atoms with van der Waals surface area (Å²) >= 11 is 0. The number of fused-ring (bicyclic) bond motifs is 3. The molecule has 0 unspecified atom stereocenters. The standard InChI is InChI=1S/C54H50N4/c1-37-12-24-43(25-13-37)56(44-26-14-38(2)15-27-44)47-32-20-41(21-33-47)54(50-11-9-8-10-49(50)51-36-52(53(5,6)7)55-58(51)54)42-22-34-48(35-23-42)57(45-28-16-39(3)17-29-45)46-30-18-40(4)19-31-46/h8-36H,1-7H3. The van der Waals surface area contributed by atoms with Gasteiger partial charge in [-0.2, -0.15) is 5.10 Å². The van der Waals surface area contributed by atoms with Crippen LogP contribution < -0.4 is 9.80 Å². The summed E-state index contributed by atoms with van der Waals surface area (Å²) in [5.74, 6) is 0. The minimum Gasteiger partial charge on any atom is -0.311 e. The number of aromatic nitrogens is 2. The van der Waals surface area contributed by atoms with Crippen molar-refractivity contribution in [1.82, 2.24) is 9.78 Å². The molecule has 1 aromatic heterocycles. The zero-order chi connectivity index (χ0) is 40.2. The Hall–Kier alpha value is -6.65. The first-order chi connectivity index (χ1) is 28.0. The molecule has 286 valence electrons. The Labute approximate surface area is 343 Å². The van der Waals surface area contributed by atoms with Crippen LogP contribution in [0.2, 0.25) is 0 Å². The first kappa shape index (κ1) is 37.0. The van der Waals surface area contributed by atoms with Crippen molar-refractivity contribution in [3.63, 3.8) is 0 Å². The lowest BCUT2D eigenvalue weighted by Gasteiger charge is -2.35. The SMILES string of the molecule is Cc1ccc(N(c2ccc(C)cc2)c2ccc(C3(c4ccc(N(c5ccc(C)cc5)c5ccc(C)cc5)cc4)c4ccccc4-c4cc(C(C)(C)C)nn43)cc2)cc1. The lowest BCUT2D eigenvalue weighted by molar-refractivity contribution is 0.461. The molecule has 1 aliphatic heterocycles. The van der Waals surface area contributed by atoms with Crippen LogP contribution in [0.5, 0.6) is 0 Å². The van der Waals surface area contributed by atoms with E-state index in [2.05, 4.69) is 239 Å². The van der Waals surface area contributed by atoms with Crippen LogP contribution in [0.15, 0.2) is 176 Å². The molecular weight excluding hydrogens is 705 g/mol. The summed E-state index contributed by atoms with van der Waals surface area (Å²) in [5, 5.41) is 5.52. The Bertz CT molecular complexity index is 2470. The molecule has 4 heteroatoms. The number of hydrogen-bond acceptors (Lipinski definition) is 3. The molecule has 0 saturated heterocycles. The number of nitrogens with zero attached hydrogens (tertiary/aromatic N) is 4. The summed E-state index contributed by atoms with van der Waals surface area (Å²) in [6.07, 6.45) is 0. The van der Waals surface area contributed by atoms with Crippen molar-refractivity contribution >= 4 is 34.1 Å². The first-order valence-corrected chi connectivity index (χ1v) is 20.3. The minimum atomic E-state index is -0.719. The average molecular weight is 755 g/mol. The van der Waals surface area contributed by atoms with E-state index in [0.717, 1.165) is 56.6 Å². The number of anilines is 6. The highest BCUT2D eigenvalue weighted by Gasteiger charge is 2.48. The molecule has 2 heterocycles. The molecule has 0 fully saturated rings. The van der Waals surface area contributed by atoms with Gasteiger partial charge in [0.15, 0.2) is 0 Å². The van der Waals surface area contributed by atoms with Gasteiger partial charge in [0.25, 0.3) is 0 Å². The Kier molecular flexibility index (Phi) is 9.16. The summed E-state index contributed by atoms with van der Waals surface area (Å²) in [6, 6.07) is 64.7. The quantitative estimate of drug-likeness (QED) is 0.154. The van der Waals surface area contributed by atoms with Crippen molar-refractivity contribution in [1.29, 1.82) is 0 Å². The molecule has 0 atom stereocenters. The van der Waals surface area contributed by atoms with Crippen molar-refractivity contribution in [2.24, 2.45) is 0 Å². The monoisotopic (exact) mass is 754 g/mol. The molecule has 0 aliphatic carbocycles. The molecule has 0 amide bonds. The molecule has 0 N–H and O–H groups in total. The molecule has 0 bridgehead atoms. The second kappa shape index (κ2) is 14.4. The van der Waals surface area contributed by atoms with Crippen LogP contribution in [0.3, 0.4) is 0 Å². The molecule has 58 heavy (non-hydrogen) atoms.